The molecule has 1 aliphatic carbocycles. The molecule has 1 aromatic carbocycles. The summed E-state index contributed by atoms with van der Waals surface area (Å²) in [5.74, 6) is -2.48. The number of carbonyl (C=O) groups excluding carboxylic acids is 1. The van der Waals surface area contributed by atoms with Gasteiger partial charge in [0.1, 0.15) is 11.4 Å². The molecule has 0 radical (unpaired) electrons. The van der Waals surface area contributed by atoms with E-state index in [1.165, 1.54) is 20.8 Å². The molecular weight excluding hydrogens is 654 g/mol. The average molecular weight is 681 g/mol. The van der Waals surface area contributed by atoms with Gasteiger partial charge in [-0.25, -0.2) is 9.79 Å². The number of rotatable bonds is 5. The Balaban J connectivity index is 2.03. The molecule has 2 aliphatic heterocycles. The topological polar surface area (TPSA) is 66.3 Å². The zero-order chi connectivity index (χ0) is 33.0. The van der Waals surface area contributed by atoms with Crippen molar-refractivity contribution in [2.75, 3.05) is 4.90 Å². The molecule has 1 aromatic rings. The minimum absolute atomic E-state index is 0.0894. The normalized spacial score (nSPS) is 21.8. The van der Waals surface area contributed by atoms with Gasteiger partial charge >= 0.3 is 24.6 Å². The van der Waals surface area contributed by atoms with Crippen LogP contribution in [0.5, 0.6) is 0 Å². The summed E-state index contributed by atoms with van der Waals surface area (Å²) in [5, 5.41) is 0.983. The van der Waals surface area contributed by atoms with Gasteiger partial charge < -0.3 is 9.64 Å². The Morgan fingerprint density at radius 1 is 0.909 bits per heavy atom. The lowest BCUT2D eigenvalue weighted by Crippen LogP contribution is -2.46. The van der Waals surface area contributed by atoms with Gasteiger partial charge in [0.25, 0.3) is 0 Å². The number of hydrogen-bond donors (Lipinski definition) is 1. The molecule has 0 bridgehead atoms. The summed E-state index contributed by atoms with van der Waals surface area (Å²) < 4.78 is 130. The van der Waals surface area contributed by atoms with Crippen molar-refractivity contribution in [1.82, 2.24) is 5.32 Å². The molecule has 17 heteroatoms. The quantitative estimate of drug-likeness (QED) is 0.315. The first-order valence-corrected chi connectivity index (χ1v) is 14.2. The number of nitrogens with one attached hydrogen (secondary N) is 1. The van der Waals surface area contributed by atoms with Gasteiger partial charge in [-0.2, -0.15) is 39.5 Å². The van der Waals surface area contributed by atoms with Gasteiger partial charge in [0, 0.05) is 11.6 Å². The fourth-order valence-electron chi connectivity index (χ4n) is 5.08. The molecule has 0 aromatic heterocycles. The Labute approximate surface area is 256 Å². The van der Waals surface area contributed by atoms with Crippen molar-refractivity contribution in [2.45, 2.75) is 95.5 Å². The van der Waals surface area contributed by atoms with Crippen molar-refractivity contribution in [2.24, 2.45) is 15.9 Å². The molecule has 1 amide bonds. The van der Waals surface area contributed by atoms with Crippen molar-refractivity contribution in [3.05, 3.63) is 39.1 Å². The van der Waals surface area contributed by atoms with E-state index in [9.17, 15) is 44.3 Å². The van der Waals surface area contributed by atoms with Crippen molar-refractivity contribution in [3.8, 4) is 0 Å². The second-order valence-electron chi connectivity index (χ2n) is 11.7. The molecule has 1 N–H and O–H groups in total. The number of fused-ring (bicyclic) bond motifs is 1. The Morgan fingerprint density at radius 3 is 1.98 bits per heavy atom. The fraction of sp³-hybridized carbons (Fsp3) is 0.593. The van der Waals surface area contributed by atoms with Gasteiger partial charge in [-0.3, -0.25) is 10.3 Å². The first-order valence-electron chi connectivity index (χ1n) is 13.5. The molecule has 2 heterocycles. The summed E-state index contributed by atoms with van der Waals surface area (Å²) in [4.78, 5) is 20.5. The smallest absolute Gasteiger partial charge is 0.444 e. The van der Waals surface area contributed by atoms with E-state index in [2.05, 4.69) is 15.3 Å². The molecular formula is C27H27Cl2F9N4O2. The molecule has 44 heavy (non-hydrogen) atoms. The van der Waals surface area contributed by atoms with E-state index in [1.54, 1.807) is 0 Å². The second kappa shape index (κ2) is 11.9. The van der Waals surface area contributed by atoms with Crippen LogP contribution in [0.1, 0.15) is 64.9 Å². The number of anilines is 1. The highest BCUT2D eigenvalue weighted by atomic mass is 35.5. The lowest BCUT2D eigenvalue weighted by Gasteiger charge is -2.37. The number of alkyl halides is 9. The lowest BCUT2D eigenvalue weighted by molar-refractivity contribution is -0.137. The van der Waals surface area contributed by atoms with Crippen molar-refractivity contribution < 1.29 is 49.0 Å². The second-order valence-corrected chi connectivity index (χ2v) is 12.5. The van der Waals surface area contributed by atoms with Crippen LogP contribution in [0, 0.1) is 5.92 Å². The molecule has 4 rings (SSSR count). The van der Waals surface area contributed by atoms with E-state index in [-0.39, 0.29) is 30.9 Å². The number of amides is 1. The Morgan fingerprint density at radius 2 is 1.50 bits per heavy atom. The van der Waals surface area contributed by atoms with Crippen molar-refractivity contribution in [1.29, 1.82) is 0 Å². The van der Waals surface area contributed by atoms with E-state index in [0.717, 1.165) is 17.7 Å². The van der Waals surface area contributed by atoms with Gasteiger partial charge in [-0.05, 0) is 64.5 Å². The molecule has 6 nitrogen and oxygen atoms in total. The van der Waals surface area contributed by atoms with E-state index in [4.69, 9.17) is 27.9 Å². The third-order valence-electron chi connectivity index (χ3n) is 7.05. The van der Waals surface area contributed by atoms with Gasteiger partial charge in [0.05, 0.1) is 27.3 Å². The van der Waals surface area contributed by atoms with Crippen LogP contribution in [0.2, 0.25) is 10.0 Å². The van der Waals surface area contributed by atoms with Crippen LogP contribution >= 0.6 is 23.2 Å². The first-order chi connectivity index (χ1) is 20.1. The third-order valence-corrected chi connectivity index (χ3v) is 7.63. The standard InChI is InChI=1S/C27H27Cl2F9N4O2/c1-24(2,3)44-23(43)41-21-18-17(39-22(27(36,37)38)40-20(18)26(33,34)35)9-8-14(7-6-12-4-5-12)42(21)19-15(28)10-13(11-16(19)29)25(30,31)32/h10-12,14,17H,4-9H2,1-3H3,(H,41,43). The number of hydrogen-bond acceptors (Lipinski definition) is 5. The Bertz CT molecular complexity index is 1370. The highest BCUT2D eigenvalue weighted by Gasteiger charge is 2.51. The number of alkyl carbamates (subject to hydrolysis) is 1. The van der Waals surface area contributed by atoms with Gasteiger partial charge in [-0.15, -0.1) is 0 Å². The molecule has 2 unspecified atom stereocenters. The van der Waals surface area contributed by atoms with Crippen LogP contribution < -0.4 is 10.2 Å². The van der Waals surface area contributed by atoms with Crippen LogP contribution in [0.15, 0.2) is 33.5 Å². The molecule has 3 aliphatic rings. The summed E-state index contributed by atoms with van der Waals surface area (Å²) in [6.07, 6.45) is -14.9. The van der Waals surface area contributed by atoms with Crippen LogP contribution in [0.4, 0.5) is 50.0 Å². The molecule has 0 saturated heterocycles. The maximum Gasteiger partial charge on any atom is 0.451 e. The zero-order valence-corrected chi connectivity index (χ0v) is 25.0. The minimum atomic E-state index is -5.48. The minimum Gasteiger partial charge on any atom is -0.444 e. The Kier molecular flexibility index (Phi) is 9.26. The SMILES string of the molecule is CC(C)(C)OC(=O)NC1=C2C(C(F)(F)F)=NC(C(F)(F)F)=NC2CCC(CCC2CC2)N1c1c(Cl)cc(C(F)(F)F)cc1Cl. The monoisotopic (exact) mass is 680 g/mol. The summed E-state index contributed by atoms with van der Waals surface area (Å²) in [5.41, 5.74) is -5.72. The number of carbonyl (C=O) groups is 1. The largest absolute Gasteiger partial charge is 0.451 e. The summed E-state index contributed by atoms with van der Waals surface area (Å²) >= 11 is 12.7. The van der Waals surface area contributed by atoms with E-state index >= 15 is 0 Å². The summed E-state index contributed by atoms with van der Waals surface area (Å²) in [6.45, 7) is 4.38. The zero-order valence-electron chi connectivity index (χ0n) is 23.4. The van der Waals surface area contributed by atoms with Crippen molar-refractivity contribution in [3.63, 3.8) is 0 Å². The number of amidine groups is 1. The van der Waals surface area contributed by atoms with Crippen LogP contribution in [0.3, 0.4) is 0 Å². The summed E-state index contributed by atoms with van der Waals surface area (Å²) in [6, 6.07) is -1.63. The van der Waals surface area contributed by atoms with Gasteiger partial charge in [0.2, 0.25) is 5.84 Å². The van der Waals surface area contributed by atoms with Crippen LogP contribution in [-0.4, -0.2) is 47.7 Å². The first kappa shape index (κ1) is 34.2. The number of nitrogens with zero attached hydrogens (tertiary/aromatic N) is 3. The number of ether oxygens (including phenoxy) is 1. The lowest BCUT2D eigenvalue weighted by atomic mass is 9.95. The number of aliphatic imine (C=N–C) groups is 2. The van der Waals surface area contributed by atoms with Gasteiger partial charge in [-0.1, -0.05) is 36.0 Å². The number of halogens is 11. The predicted molar refractivity (Wildman–Crippen MR) is 146 cm³/mol. The summed E-state index contributed by atoms with van der Waals surface area (Å²) in [7, 11) is 0. The van der Waals surface area contributed by atoms with E-state index in [0.29, 0.717) is 18.6 Å². The predicted octanol–water partition coefficient (Wildman–Crippen LogP) is 9.25. The van der Waals surface area contributed by atoms with E-state index < -0.39 is 80.9 Å². The fourth-order valence-corrected chi connectivity index (χ4v) is 5.75. The van der Waals surface area contributed by atoms with Crippen LogP contribution in [-0.2, 0) is 10.9 Å². The van der Waals surface area contributed by atoms with Crippen molar-refractivity contribution >= 4 is 46.5 Å². The third kappa shape index (κ3) is 7.93. The Hall–Kier alpha value is -2.68. The highest BCUT2D eigenvalue weighted by molar-refractivity contribution is 6.39. The van der Waals surface area contributed by atoms with Gasteiger partial charge in [0.15, 0.2) is 5.71 Å². The maximum atomic E-state index is 14.5. The molecule has 1 fully saturated rings. The molecule has 0 spiro atoms. The average Bonchev–Trinajstić information content (AvgIpc) is 3.67. The van der Waals surface area contributed by atoms with Crippen LogP contribution in [0.25, 0.3) is 0 Å². The number of benzene rings is 1. The highest BCUT2D eigenvalue weighted by Crippen LogP contribution is 2.47. The van der Waals surface area contributed by atoms with E-state index in [1.807, 2.05) is 0 Å². The maximum absolute atomic E-state index is 14.5. The molecule has 244 valence electrons. The molecule has 1 saturated carbocycles. The molecule has 2 atom stereocenters.